The van der Waals surface area contributed by atoms with Crippen molar-refractivity contribution in [2.24, 2.45) is 0 Å². The average Bonchev–Trinajstić information content (AvgIpc) is 3.09. The first-order valence-electron chi connectivity index (χ1n) is 9.72. The van der Waals surface area contributed by atoms with E-state index in [2.05, 4.69) is 28.8 Å². The Morgan fingerprint density at radius 1 is 1.22 bits per heavy atom. The lowest BCUT2D eigenvalue weighted by atomic mass is 10.1. The number of halogens is 1. The standard InChI is InChI=1S/C19H32N3O3S.ClH/c1-4-6-7-8-13-24-19-18(20-26-21-19)16-11-9-12-22(3,14-16)15-25-17(23)10-5-2;/h11H,4-10,12-15H2,1-3H3;1H/q+1;/p-1. The average molecular weight is 418 g/mol. The van der Waals surface area contributed by atoms with E-state index in [0.29, 0.717) is 30.1 Å². The molecule has 1 atom stereocenters. The third kappa shape index (κ3) is 7.76. The Morgan fingerprint density at radius 3 is 2.78 bits per heavy atom. The molecule has 8 heteroatoms. The number of hydrogen-bond donors (Lipinski definition) is 0. The van der Waals surface area contributed by atoms with Gasteiger partial charge in [-0.1, -0.05) is 39.2 Å². The summed E-state index contributed by atoms with van der Waals surface area (Å²) in [7, 11) is 2.12. The summed E-state index contributed by atoms with van der Waals surface area (Å²) in [5.74, 6) is 0.531. The molecule has 154 valence electrons. The van der Waals surface area contributed by atoms with Gasteiger partial charge in [0.2, 0.25) is 6.73 Å². The number of rotatable bonds is 11. The first-order chi connectivity index (χ1) is 12.6. The number of ether oxygens (including phenoxy) is 2. The Labute approximate surface area is 173 Å². The third-order valence-electron chi connectivity index (χ3n) is 4.60. The fourth-order valence-electron chi connectivity index (χ4n) is 3.06. The number of nitrogens with zero attached hydrogens (tertiary/aromatic N) is 3. The molecule has 0 spiro atoms. The van der Waals surface area contributed by atoms with Gasteiger partial charge in [-0.3, -0.25) is 9.28 Å². The van der Waals surface area contributed by atoms with E-state index in [4.69, 9.17) is 9.47 Å². The summed E-state index contributed by atoms with van der Waals surface area (Å²) in [5.41, 5.74) is 2.00. The molecule has 0 N–H and O–H groups in total. The predicted molar refractivity (Wildman–Crippen MR) is 104 cm³/mol. The van der Waals surface area contributed by atoms with Crippen LogP contribution >= 0.6 is 11.7 Å². The van der Waals surface area contributed by atoms with Crippen LogP contribution in [0.2, 0.25) is 0 Å². The number of unbranched alkanes of at least 4 members (excludes halogenated alkanes) is 3. The van der Waals surface area contributed by atoms with Gasteiger partial charge >= 0.3 is 5.97 Å². The van der Waals surface area contributed by atoms with Crippen LogP contribution in [-0.4, -0.2) is 52.7 Å². The molecule has 6 nitrogen and oxygen atoms in total. The lowest BCUT2D eigenvalue weighted by Crippen LogP contribution is -3.00. The molecule has 27 heavy (non-hydrogen) atoms. The highest BCUT2D eigenvalue weighted by atomic mass is 35.5. The maximum atomic E-state index is 11.7. The topological polar surface area (TPSA) is 61.3 Å². The lowest BCUT2D eigenvalue weighted by Gasteiger charge is -2.36. The van der Waals surface area contributed by atoms with Crippen LogP contribution in [0, 0.1) is 0 Å². The molecule has 1 aromatic heterocycles. The monoisotopic (exact) mass is 417 g/mol. The Bertz CT molecular complexity index is 609. The molecule has 0 bridgehead atoms. The van der Waals surface area contributed by atoms with Crippen LogP contribution in [0.25, 0.3) is 5.57 Å². The van der Waals surface area contributed by atoms with Crippen molar-refractivity contribution in [3.8, 4) is 5.88 Å². The molecular weight excluding hydrogens is 386 g/mol. The molecule has 1 aromatic rings. The molecule has 1 unspecified atom stereocenters. The smallest absolute Gasteiger partial charge is 0.310 e. The summed E-state index contributed by atoms with van der Waals surface area (Å²) >= 11 is 1.20. The van der Waals surface area contributed by atoms with Crippen molar-refractivity contribution in [3.63, 3.8) is 0 Å². The van der Waals surface area contributed by atoms with E-state index >= 15 is 0 Å². The van der Waals surface area contributed by atoms with Crippen LogP contribution in [0.3, 0.4) is 0 Å². The lowest BCUT2D eigenvalue weighted by molar-refractivity contribution is -0.919. The minimum atomic E-state index is -0.116. The summed E-state index contributed by atoms with van der Waals surface area (Å²) in [6.07, 6.45) is 9.14. The summed E-state index contributed by atoms with van der Waals surface area (Å²) in [4.78, 5) is 11.7. The van der Waals surface area contributed by atoms with Crippen molar-refractivity contribution < 1.29 is 31.2 Å². The normalized spacial score (nSPS) is 19.1. The van der Waals surface area contributed by atoms with Crippen LogP contribution in [0.15, 0.2) is 6.08 Å². The summed E-state index contributed by atoms with van der Waals surface area (Å²) in [6.45, 7) is 7.00. The van der Waals surface area contributed by atoms with Crippen molar-refractivity contribution >= 4 is 23.3 Å². The fraction of sp³-hybridized carbons (Fsp3) is 0.737. The number of aromatic nitrogens is 2. The molecule has 0 fully saturated rings. The molecule has 0 saturated carbocycles. The molecule has 0 amide bonds. The first-order valence-corrected chi connectivity index (χ1v) is 10.4. The first kappa shape index (κ1) is 23.9. The molecule has 1 aliphatic heterocycles. The summed E-state index contributed by atoms with van der Waals surface area (Å²) in [6, 6.07) is 0. The zero-order valence-corrected chi connectivity index (χ0v) is 18.3. The van der Waals surface area contributed by atoms with Gasteiger partial charge in [-0.05, 0) is 12.8 Å². The number of carbonyl (C=O) groups excluding carboxylic acids is 1. The van der Waals surface area contributed by atoms with Gasteiger partial charge in [0.05, 0.1) is 31.9 Å². The Balaban J connectivity index is 0.00000364. The largest absolute Gasteiger partial charge is 1.00 e. The molecular formula is C19H32ClN3O3S. The molecule has 0 saturated heterocycles. The van der Waals surface area contributed by atoms with E-state index in [0.717, 1.165) is 43.6 Å². The molecule has 2 rings (SSSR count). The zero-order chi connectivity index (χ0) is 18.8. The van der Waals surface area contributed by atoms with Crippen molar-refractivity contribution in [2.45, 2.75) is 58.8 Å². The van der Waals surface area contributed by atoms with Gasteiger partial charge in [0.25, 0.3) is 5.88 Å². The van der Waals surface area contributed by atoms with Crippen LogP contribution in [-0.2, 0) is 9.53 Å². The number of esters is 1. The van der Waals surface area contributed by atoms with Crippen LogP contribution in [0.5, 0.6) is 5.88 Å². The maximum Gasteiger partial charge on any atom is 0.310 e. The van der Waals surface area contributed by atoms with E-state index in [1.807, 2.05) is 6.92 Å². The van der Waals surface area contributed by atoms with Gasteiger partial charge in [0.1, 0.15) is 12.2 Å². The third-order valence-corrected chi connectivity index (χ3v) is 5.11. The maximum absolute atomic E-state index is 11.7. The second-order valence-electron chi connectivity index (χ2n) is 7.24. The van der Waals surface area contributed by atoms with Gasteiger partial charge in [-0.2, -0.15) is 4.37 Å². The molecule has 0 radical (unpaired) electrons. The van der Waals surface area contributed by atoms with Crippen LogP contribution in [0.1, 0.15) is 64.5 Å². The molecule has 1 aliphatic rings. The molecule has 0 aromatic carbocycles. The van der Waals surface area contributed by atoms with Gasteiger partial charge in [-0.15, -0.1) is 4.37 Å². The van der Waals surface area contributed by atoms with Crippen LogP contribution in [0.4, 0.5) is 0 Å². The van der Waals surface area contributed by atoms with Crippen molar-refractivity contribution in [2.75, 3.05) is 33.5 Å². The SMILES string of the molecule is CCCCCCOc1nsnc1C1=CCC[N+](C)(COC(=O)CCC)C1.[Cl-]. The van der Waals surface area contributed by atoms with Gasteiger partial charge in [-0.25, -0.2) is 0 Å². The van der Waals surface area contributed by atoms with E-state index in [1.54, 1.807) is 0 Å². The van der Waals surface area contributed by atoms with Gasteiger partial charge in [0.15, 0.2) is 0 Å². The van der Waals surface area contributed by atoms with E-state index < -0.39 is 0 Å². The highest BCUT2D eigenvalue weighted by molar-refractivity contribution is 6.99. The van der Waals surface area contributed by atoms with Gasteiger partial charge in [0, 0.05) is 18.4 Å². The highest BCUT2D eigenvalue weighted by Crippen LogP contribution is 2.30. The quantitative estimate of drug-likeness (QED) is 0.306. The molecule has 2 heterocycles. The van der Waals surface area contributed by atoms with Crippen molar-refractivity contribution in [1.82, 2.24) is 8.75 Å². The number of likely N-dealkylation sites (N-methyl/N-ethyl adjacent to an activating group) is 1. The minimum Gasteiger partial charge on any atom is -1.00 e. The Kier molecular flexibility index (Phi) is 10.9. The molecule has 0 aliphatic carbocycles. The second-order valence-corrected chi connectivity index (χ2v) is 7.77. The predicted octanol–water partition coefficient (Wildman–Crippen LogP) is 1.04. The Morgan fingerprint density at radius 2 is 2.04 bits per heavy atom. The van der Waals surface area contributed by atoms with E-state index in [1.165, 1.54) is 31.0 Å². The summed E-state index contributed by atoms with van der Waals surface area (Å²) < 4.78 is 20.8. The summed E-state index contributed by atoms with van der Waals surface area (Å²) in [5, 5.41) is 0. The van der Waals surface area contributed by atoms with Crippen LogP contribution < -0.4 is 17.1 Å². The minimum absolute atomic E-state index is 0. The fourth-order valence-corrected chi connectivity index (χ4v) is 3.59. The number of quaternary nitrogens is 1. The number of carbonyl (C=O) groups is 1. The van der Waals surface area contributed by atoms with E-state index in [9.17, 15) is 4.79 Å². The Hall–Kier alpha value is -1.18. The zero-order valence-electron chi connectivity index (χ0n) is 16.7. The number of hydrogen-bond acceptors (Lipinski definition) is 6. The highest BCUT2D eigenvalue weighted by Gasteiger charge is 2.31. The second kappa shape index (κ2) is 12.3. The van der Waals surface area contributed by atoms with E-state index in [-0.39, 0.29) is 18.4 Å². The van der Waals surface area contributed by atoms with Crippen molar-refractivity contribution in [1.29, 1.82) is 0 Å². The van der Waals surface area contributed by atoms with Crippen molar-refractivity contribution in [3.05, 3.63) is 11.8 Å². The van der Waals surface area contributed by atoms with Gasteiger partial charge < -0.3 is 21.9 Å².